The van der Waals surface area contributed by atoms with E-state index in [-0.39, 0.29) is 10.6 Å². The molecular weight excluding hydrogens is 284 g/mol. The Labute approximate surface area is 118 Å². The van der Waals surface area contributed by atoms with Crippen LogP contribution in [-0.2, 0) is 10.1 Å². The fourth-order valence-corrected chi connectivity index (χ4v) is 1.98. The van der Waals surface area contributed by atoms with Crippen molar-refractivity contribution in [3.05, 3.63) is 18.2 Å². The van der Waals surface area contributed by atoms with Crippen LogP contribution in [0.4, 0.5) is 10.5 Å². The number of carbonyl (C=O) groups excluding carboxylic acids is 1. The number of anilines is 1. The summed E-state index contributed by atoms with van der Waals surface area (Å²) in [6.07, 6.45) is 1.83. The Morgan fingerprint density at radius 1 is 1.40 bits per heavy atom. The Kier molecular flexibility index (Phi) is 5.78. The normalized spacial score (nSPS) is 10.9. The minimum absolute atomic E-state index is 0.144. The van der Waals surface area contributed by atoms with Gasteiger partial charge >= 0.3 is 6.03 Å². The van der Waals surface area contributed by atoms with Crippen LogP contribution in [0.5, 0.6) is 5.75 Å². The van der Waals surface area contributed by atoms with E-state index in [1.54, 1.807) is 0 Å². The fourth-order valence-electron chi connectivity index (χ4n) is 1.48. The van der Waals surface area contributed by atoms with Gasteiger partial charge in [0.25, 0.3) is 10.1 Å². The number of urea groups is 1. The van der Waals surface area contributed by atoms with Crippen LogP contribution < -0.4 is 15.4 Å². The molecule has 0 radical (unpaired) electrons. The van der Waals surface area contributed by atoms with E-state index in [2.05, 4.69) is 10.6 Å². The molecule has 0 saturated heterocycles. The van der Waals surface area contributed by atoms with Crippen LogP contribution in [0.15, 0.2) is 23.1 Å². The van der Waals surface area contributed by atoms with E-state index in [9.17, 15) is 13.2 Å². The summed E-state index contributed by atoms with van der Waals surface area (Å²) in [7, 11) is -2.97. The molecule has 1 rings (SSSR count). The molecule has 0 aliphatic carbocycles. The molecule has 0 aliphatic heterocycles. The first-order valence-electron chi connectivity index (χ1n) is 6.09. The Morgan fingerprint density at radius 3 is 2.65 bits per heavy atom. The van der Waals surface area contributed by atoms with Gasteiger partial charge in [0.1, 0.15) is 5.75 Å². The molecule has 0 bridgehead atoms. The second-order valence-electron chi connectivity index (χ2n) is 4.07. The Balaban J connectivity index is 2.83. The maximum atomic E-state index is 11.6. The van der Waals surface area contributed by atoms with E-state index in [4.69, 9.17) is 9.29 Å². The third-order valence-electron chi connectivity index (χ3n) is 2.53. The number of benzene rings is 1. The average Bonchev–Trinajstić information content (AvgIpc) is 2.38. The van der Waals surface area contributed by atoms with Gasteiger partial charge in [-0.05, 0) is 18.6 Å². The number of carbonyl (C=O) groups is 1. The molecule has 112 valence electrons. The Morgan fingerprint density at radius 2 is 2.10 bits per heavy atom. The maximum absolute atomic E-state index is 11.6. The monoisotopic (exact) mass is 302 g/mol. The molecule has 0 atom stereocenters. The summed E-state index contributed by atoms with van der Waals surface area (Å²) < 4.78 is 36.0. The van der Waals surface area contributed by atoms with Crippen molar-refractivity contribution >= 4 is 21.8 Å². The molecule has 8 heteroatoms. The number of ether oxygens (including phenoxy) is 1. The summed E-state index contributed by atoms with van der Waals surface area (Å²) in [5, 5.41) is 5.20. The van der Waals surface area contributed by atoms with E-state index in [0.717, 1.165) is 18.9 Å². The molecule has 0 saturated carbocycles. The van der Waals surface area contributed by atoms with Crippen LogP contribution in [0.1, 0.15) is 19.8 Å². The van der Waals surface area contributed by atoms with Crippen molar-refractivity contribution in [1.29, 1.82) is 0 Å². The number of hydrogen-bond donors (Lipinski definition) is 3. The van der Waals surface area contributed by atoms with Crippen molar-refractivity contribution in [1.82, 2.24) is 5.32 Å². The van der Waals surface area contributed by atoms with Gasteiger partial charge in [-0.25, -0.2) is 4.79 Å². The lowest BCUT2D eigenvalue weighted by Crippen LogP contribution is -2.29. The molecule has 7 nitrogen and oxygen atoms in total. The van der Waals surface area contributed by atoms with Crippen LogP contribution in [0.3, 0.4) is 0 Å². The number of hydrogen-bond acceptors (Lipinski definition) is 4. The van der Waals surface area contributed by atoms with Gasteiger partial charge in [-0.15, -0.1) is 0 Å². The van der Waals surface area contributed by atoms with Crippen molar-refractivity contribution < 1.29 is 22.5 Å². The molecule has 1 aromatic rings. The smallest absolute Gasteiger partial charge is 0.319 e. The summed E-state index contributed by atoms with van der Waals surface area (Å²) >= 11 is 0. The van der Waals surface area contributed by atoms with Gasteiger partial charge in [0.15, 0.2) is 0 Å². The van der Waals surface area contributed by atoms with Crippen molar-refractivity contribution in [2.24, 2.45) is 0 Å². The molecule has 0 unspecified atom stereocenters. The van der Waals surface area contributed by atoms with Crippen LogP contribution in [0, 0.1) is 0 Å². The minimum Gasteiger partial charge on any atom is -0.495 e. The minimum atomic E-state index is -4.31. The summed E-state index contributed by atoms with van der Waals surface area (Å²) in [5.41, 5.74) is 0.314. The highest BCUT2D eigenvalue weighted by Crippen LogP contribution is 2.27. The third-order valence-corrected chi connectivity index (χ3v) is 3.38. The predicted molar refractivity (Wildman–Crippen MR) is 74.7 cm³/mol. The third kappa shape index (κ3) is 4.71. The quantitative estimate of drug-likeness (QED) is 0.549. The average molecular weight is 302 g/mol. The zero-order valence-corrected chi connectivity index (χ0v) is 12.2. The van der Waals surface area contributed by atoms with Crippen LogP contribution >= 0.6 is 0 Å². The first kappa shape index (κ1) is 16.3. The lowest BCUT2D eigenvalue weighted by atomic mass is 10.3. The van der Waals surface area contributed by atoms with Gasteiger partial charge in [0, 0.05) is 12.6 Å². The first-order chi connectivity index (χ1) is 9.38. The van der Waals surface area contributed by atoms with Gasteiger partial charge in [-0.1, -0.05) is 13.3 Å². The number of rotatable bonds is 6. The standard InChI is InChI=1S/C12H18N2O5S/c1-3-4-7-13-12(15)14-10-6-5-9(20(16,17)18)8-11(10)19-2/h5-6,8H,3-4,7H2,1-2H3,(H2,13,14,15)(H,16,17,18). The van der Waals surface area contributed by atoms with Gasteiger partial charge in [0.05, 0.1) is 17.7 Å². The van der Waals surface area contributed by atoms with Crippen molar-refractivity contribution in [3.63, 3.8) is 0 Å². The lowest BCUT2D eigenvalue weighted by molar-refractivity contribution is 0.252. The fraction of sp³-hybridized carbons (Fsp3) is 0.417. The van der Waals surface area contributed by atoms with Crippen molar-refractivity contribution in [2.45, 2.75) is 24.7 Å². The second-order valence-corrected chi connectivity index (χ2v) is 5.49. The van der Waals surface area contributed by atoms with E-state index < -0.39 is 16.1 Å². The molecule has 1 aromatic carbocycles. The highest BCUT2D eigenvalue weighted by molar-refractivity contribution is 7.85. The molecule has 0 spiro atoms. The molecule has 0 heterocycles. The Bertz CT molecular complexity index is 571. The van der Waals surface area contributed by atoms with E-state index in [1.165, 1.54) is 19.2 Å². The van der Waals surface area contributed by atoms with Crippen LogP contribution in [0.25, 0.3) is 0 Å². The first-order valence-corrected chi connectivity index (χ1v) is 7.53. The molecule has 2 amide bonds. The molecule has 20 heavy (non-hydrogen) atoms. The highest BCUT2D eigenvalue weighted by atomic mass is 32.2. The van der Waals surface area contributed by atoms with Crippen LogP contribution in [-0.4, -0.2) is 32.7 Å². The number of amides is 2. The number of unbranched alkanes of at least 4 members (excludes halogenated alkanes) is 1. The van der Waals surface area contributed by atoms with Gasteiger partial charge in [-0.3, -0.25) is 4.55 Å². The number of methoxy groups -OCH3 is 1. The summed E-state index contributed by atoms with van der Waals surface area (Å²) in [4.78, 5) is 11.3. The summed E-state index contributed by atoms with van der Waals surface area (Å²) in [6.45, 7) is 2.56. The predicted octanol–water partition coefficient (Wildman–Crippen LogP) is 1.86. The molecule has 0 aromatic heterocycles. The molecule has 0 fully saturated rings. The number of nitrogens with one attached hydrogen (secondary N) is 2. The largest absolute Gasteiger partial charge is 0.495 e. The zero-order chi connectivity index (χ0) is 15.2. The van der Waals surface area contributed by atoms with Crippen molar-refractivity contribution in [2.75, 3.05) is 19.0 Å². The van der Waals surface area contributed by atoms with Gasteiger partial charge in [0.2, 0.25) is 0 Å². The SMILES string of the molecule is CCCCNC(=O)Nc1ccc(S(=O)(=O)O)cc1OC. The molecule has 3 N–H and O–H groups in total. The topological polar surface area (TPSA) is 105 Å². The van der Waals surface area contributed by atoms with Crippen LogP contribution in [0.2, 0.25) is 0 Å². The lowest BCUT2D eigenvalue weighted by Gasteiger charge is -2.11. The van der Waals surface area contributed by atoms with E-state index >= 15 is 0 Å². The van der Waals surface area contributed by atoms with Crippen molar-refractivity contribution in [3.8, 4) is 5.75 Å². The second kappa shape index (κ2) is 7.11. The van der Waals surface area contributed by atoms with Gasteiger partial charge < -0.3 is 15.4 Å². The van der Waals surface area contributed by atoms with E-state index in [0.29, 0.717) is 12.2 Å². The Hall–Kier alpha value is -1.80. The van der Waals surface area contributed by atoms with E-state index in [1.807, 2.05) is 6.92 Å². The zero-order valence-electron chi connectivity index (χ0n) is 11.3. The summed E-state index contributed by atoms with van der Waals surface area (Å²) in [5.74, 6) is 0.144. The molecular formula is C12H18N2O5S. The van der Waals surface area contributed by atoms with Gasteiger partial charge in [-0.2, -0.15) is 8.42 Å². The summed E-state index contributed by atoms with van der Waals surface area (Å²) in [6, 6.07) is 3.26. The molecule has 0 aliphatic rings. The highest BCUT2D eigenvalue weighted by Gasteiger charge is 2.14. The maximum Gasteiger partial charge on any atom is 0.319 e.